The van der Waals surface area contributed by atoms with Crippen molar-refractivity contribution in [3.05, 3.63) is 46.5 Å². The molecule has 1 aliphatic heterocycles. The van der Waals surface area contributed by atoms with Gasteiger partial charge >= 0.3 is 5.97 Å². The first-order valence-electron chi connectivity index (χ1n) is 10.3. The highest BCUT2D eigenvalue weighted by atomic mass is 19.1. The molecule has 3 aliphatic rings. The molecule has 5 rings (SSSR count). The number of aliphatic carboxylic acids is 1. The fraction of sp³-hybridized carbons (Fsp3) is 0.500. The number of aromatic nitrogens is 2. The zero-order chi connectivity index (χ0) is 20.3. The largest absolute Gasteiger partial charge is 0.481 e. The first kappa shape index (κ1) is 18.3. The molecule has 1 unspecified atom stereocenters. The maximum atomic E-state index is 14.5. The van der Waals surface area contributed by atoms with Gasteiger partial charge in [0.1, 0.15) is 11.5 Å². The maximum Gasteiger partial charge on any atom is 0.307 e. The molecule has 1 amide bonds. The van der Waals surface area contributed by atoms with Gasteiger partial charge in [-0.25, -0.2) is 9.07 Å². The van der Waals surface area contributed by atoms with Crippen molar-refractivity contribution in [2.24, 2.45) is 11.3 Å². The van der Waals surface area contributed by atoms with Crippen molar-refractivity contribution in [1.82, 2.24) is 14.7 Å². The predicted octanol–water partition coefficient (Wildman–Crippen LogP) is 3.14. The number of benzene rings is 1. The fourth-order valence-electron chi connectivity index (χ4n) is 5.15. The van der Waals surface area contributed by atoms with Crippen molar-refractivity contribution in [3.63, 3.8) is 0 Å². The highest BCUT2D eigenvalue weighted by Gasteiger charge is 2.59. The van der Waals surface area contributed by atoms with Crippen molar-refractivity contribution in [2.75, 3.05) is 13.1 Å². The average molecular weight is 397 g/mol. The number of carboxylic acids is 1. The van der Waals surface area contributed by atoms with E-state index in [-0.39, 0.29) is 23.1 Å². The van der Waals surface area contributed by atoms with E-state index < -0.39 is 5.97 Å². The number of hydrogen-bond acceptors (Lipinski definition) is 3. The molecular weight excluding hydrogens is 373 g/mol. The minimum absolute atomic E-state index is 0.114. The second kappa shape index (κ2) is 6.40. The number of aryl methyl sites for hydroxylation is 1. The summed E-state index contributed by atoms with van der Waals surface area (Å²) >= 11 is 0. The zero-order valence-electron chi connectivity index (χ0n) is 16.4. The topological polar surface area (TPSA) is 75.4 Å². The van der Waals surface area contributed by atoms with Crippen LogP contribution in [0, 0.1) is 24.1 Å². The second-order valence-electron chi connectivity index (χ2n) is 8.74. The van der Waals surface area contributed by atoms with Gasteiger partial charge in [-0.3, -0.25) is 9.59 Å². The number of rotatable bonds is 3. The Kier molecular flexibility index (Phi) is 4.05. The number of nitrogens with zero attached hydrogens (tertiary/aromatic N) is 3. The number of piperidine rings is 1. The molecule has 6 nitrogen and oxygen atoms in total. The number of hydrogen-bond donors (Lipinski definition) is 1. The maximum absolute atomic E-state index is 14.5. The summed E-state index contributed by atoms with van der Waals surface area (Å²) in [5, 5.41) is 13.8. The minimum Gasteiger partial charge on any atom is -0.481 e. The molecule has 2 heterocycles. The van der Waals surface area contributed by atoms with E-state index in [0.717, 1.165) is 55.3 Å². The van der Waals surface area contributed by atoms with Crippen LogP contribution < -0.4 is 0 Å². The van der Waals surface area contributed by atoms with Crippen LogP contribution in [0.25, 0.3) is 5.69 Å². The number of halogens is 1. The number of carbonyl (C=O) groups excluding carboxylic acids is 1. The summed E-state index contributed by atoms with van der Waals surface area (Å²) in [7, 11) is 0. The fourth-order valence-corrected chi connectivity index (χ4v) is 5.15. The molecule has 1 spiro atoms. The van der Waals surface area contributed by atoms with Gasteiger partial charge in [-0.05, 0) is 68.6 Å². The Hall–Kier alpha value is -2.70. The molecule has 1 aromatic carbocycles. The molecule has 0 bridgehead atoms. The minimum atomic E-state index is -0.721. The van der Waals surface area contributed by atoms with Crippen LogP contribution in [-0.4, -0.2) is 44.8 Å². The second-order valence-corrected chi connectivity index (χ2v) is 8.74. The van der Waals surface area contributed by atoms with E-state index in [1.807, 2.05) is 6.92 Å². The lowest BCUT2D eigenvalue weighted by Crippen LogP contribution is -2.40. The van der Waals surface area contributed by atoms with Gasteiger partial charge in [-0.2, -0.15) is 5.10 Å². The van der Waals surface area contributed by atoms with Gasteiger partial charge in [0.15, 0.2) is 5.69 Å². The van der Waals surface area contributed by atoms with Crippen LogP contribution in [-0.2, 0) is 17.6 Å². The van der Waals surface area contributed by atoms with Crippen molar-refractivity contribution in [1.29, 1.82) is 0 Å². The summed E-state index contributed by atoms with van der Waals surface area (Å²) in [6, 6.07) is 4.92. The van der Waals surface area contributed by atoms with Crippen molar-refractivity contribution < 1.29 is 19.1 Å². The lowest BCUT2D eigenvalue weighted by Gasteiger charge is -2.32. The molecule has 1 saturated heterocycles. The molecular formula is C22H24FN3O3. The molecule has 2 fully saturated rings. The van der Waals surface area contributed by atoms with Gasteiger partial charge in [-0.15, -0.1) is 0 Å². The number of fused-ring (bicyclic) bond motifs is 1. The third kappa shape index (κ3) is 2.86. The van der Waals surface area contributed by atoms with Crippen LogP contribution in [0.2, 0.25) is 0 Å². The Morgan fingerprint density at radius 1 is 1.24 bits per heavy atom. The van der Waals surface area contributed by atoms with Gasteiger partial charge < -0.3 is 10.0 Å². The van der Waals surface area contributed by atoms with Gasteiger partial charge in [-0.1, -0.05) is 6.07 Å². The summed E-state index contributed by atoms with van der Waals surface area (Å²) in [6.07, 6.45) is 4.68. The summed E-state index contributed by atoms with van der Waals surface area (Å²) in [6.45, 7) is 3.02. The molecule has 1 saturated carbocycles. The van der Waals surface area contributed by atoms with E-state index in [0.29, 0.717) is 24.5 Å². The molecule has 29 heavy (non-hydrogen) atoms. The summed E-state index contributed by atoms with van der Waals surface area (Å²) in [5.74, 6) is -1.44. The van der Waals surface area contributed by atoms with Gasteiger partial charge in [0, 0.05) is 24.3 Å². The third-order valence-electron chi connectivity index (χ3n) is 7.00. The smallest absolute Gasteiger partial charge is 0.307 e. The molecule has 0 radical (unpaired) electrons. The molecule has 7 heteroatoms. The van der Waals surface area contributed by atoms with Gasteiger partial charge in [0.25, 0.3) is 5.91 Å². The lowest BCUT2D eigenvalue weighted by atomic mass is 9.90. The molecule has 2 aliphatic carbocycles. The highest BCUT2D eigenvalue weighted by molar-refractivity contribution is 5.94. The molecule has 1 aromatic heterocycles. The first-order valence-corrected chi connectivity index (χ1v) is 10.3. The van der Waals surface area contributed by atoms with Crippen LogP contribution in [0.4, 0.5) is 4.39 Å². The van der Waals surface area contributed by atoms with Crippen LogP contribution in [0.15, 0.2) is 18.2 Å². The van der Waals surface area contributed by atoms with Crippen molar-refractivity contribution in [3.8, 4) is 5.69 Å². The van der Waals surface area contributed by atoms with Crippen molar-refractivity contribution >= 4 is 11.9 Å². The number of amides is 1. The standard InChI is InChI=1S/C22H24FN3O3/c1-13-5-6-16(23)18(11-13)26-17-4-2-3-14(17)19(24-26)20(27)25-9-7-22(8-10-25)12-15(22)21(28)29/h5-6,11,15H,2-4,7-10,12H2,1H3,(H,28,29). The zero-order valence-corrected chi connectivity index (χ0v) is 16.4. The number of carboxylic acid groups (broad SMARTS) is 1. The Labute approximate surface area is 168 Å². The van der Waals surface area contributed by atoms with Crippen molar-refractivity contribution in [2.45, 2.75) is 45.4 Å². The van der Waals surface area contributed by atoms with E-state index in [9.17, 15) is 19.1 Å². The van der Waals surface area contributed by atoms with E-state index in [1.165, 1.54) is 6.07 Å². The quantitative estimate of drug-likeness (QED) is 0.863. The van der Waals surface area contributed by atoms with Crippen LogP contribution in [0.1, 0.15) is 53.0 Å². The van der Waals surface area contributed by atoms with Gasteiger partial charge in [0.2, 0.25) is 0 Å². The Bertz CT molecular complexity index is 1020. The van der Waals surface area contributed by atoms with E-state index in [4.69, 9.17) is 0 Å². The van der Waals surface area contributed by atoms with E-state index in [2.05, 4.69) is 5.10 Å². The summed E-state index contributed by atoms with van der Waals surface area (Å²) in [4.78, 5) is 26.3. The normalized spacial score (nSPS) is 22.0. The van der Waals surface area contributed by atoms with Crippen LogP contribution >= 0.6 is 0 Å². The molecule has 152 valence electrons. The lowest BCUT2D eigenvalue weighted by molar-refractivity contribution is -0.139. The SMILES string of the molecule is Cc1ccc(F)c(-n2nc(C(=O)N3CCC4(CC3)CC4C(=O)O)c3c2CCC3)c1. The monoisotopic (exact) mass is 397 g/mol. The van der Waals surface area contributed by atoms with Gasteiger partial charge in [0.05, 0.1) is 5.92 Å². The molecule has 1 atom stereocenters. The molecule has 2 aromatic rings. The first-order chi connectivity index (χ1) is 13.9. The van der Waals surface area contributed by atoms with Crippen LogP contribution in [0.5, 0.6) is 0 Å². The average Bonchev–Trinajstić information content (AvgIpc) is 3.04. The highest BCUT2D eigenvalue weighted by Crippen LogP contribution is 2.59. The van der Waals surface area contributed by atoms with E-state index >= 15 is 0 Å². The Morgan fingerprint density at radius 2 is 2.00 bits per heavy atom. The third-order valence-corrected chi connectivity index (χ3v) is 7.00. The Morgan fingerprint density at radius 3 is 2.69 bits per heavy atom. The number of likely N-dealkylation sites (tertiary alicyclic amines) is 1. The predicted molar refractivity (Wildman–Crippen MR) is 104 cm³/mol. The van der Waals surface area contributed by atoms with Crippen LogP contribution in [0.3, 0.4) is 0 Å². The summed E-state index contributed by atoms with van der Waals surface area (Å²) in [5.41, 5.74) is 3.51. The summed E-state index contributed by atoms with van der Waals surface area (Å²) < 4.78 is 16.1. The molecule has 1 N–H and O–H groups in total. The van der Waals surface area contributed by atoms with E-state index in [1.54, 1.807) is 21.7 Å². The number of carbonyl (C=O) groups is 2. The Balaban J connectivity index is 1.42.